The number of carbonyl (C=O) groups excluding carboxylic acids is 3. The molecular weight excluding hydrogens is 358 g/mol. The molecule has 2 rings (SSSR count). The summed E-state index contributed by atoms with van der Waals surface area (Å²) in [5, 5.41) is 2.76. The van der Waals surface area contributed by atoms with Crippen molar-refractivity contribution in [1.82, 2.24) is 15.1 Å². The van der Waals surface area contributed by atoms with Crippen LogP contribution in [0.5, 0.6) is 0 Å². The van der Waals surface area contributed by atoms with Crippen LogP contribution in [-0.2, 0) is 14.4 Å². The maximum atomic E-state index is 12.4. The van der Waals surface area contributed by atoms with Crippen LogP contribution in [0.3, 0.4) is 0 Å². The van der Waals surface area contributed by atoms with Gasteiger partial charge >= 0.3 is 11.8 Å². The van der Waals surface area contributed by atoms with E-state index < -0.39 is 11.8 Å². The Labute approximate surface area is 166 Å². The first-order chi connectivity index (χ1) is 13.2. The monoisotopic (exact) mass is 389 g/mol. The van der Waals surface area contributed by atoms with Crippen LogP contribution >= 0.6 is 0 Å². The van der Waals surface area contributed by atoms with E-state index in [2.05, 4.69) is 5.32 Å². The molecule has 1 saturated heterocycles. The molecule has 8 heteroatoms. The number of benzene rings is 1. The van der Waals surface area contributed by atoms with Gasteiger partial charge in [-0.25, -0.2) is 0 Å². The molecule has 1 atom stereocenters. The van der Waals surface area contributed by atoms with Crippen molar-refractivity contribution in [3.05, 3.63) is 29.8 Å². The minimum Gasteiger partial charge on any atom is -0.378 e. The molecule has 0 aromatic heterocycles. The lowest BCUT2D eigenvalue weighted by Crippen LogP contribution is -2.48. The van der Waals surface area contributed by atoms with E-state index in [1.807, 2.05) is 62.3 Å². The number of anilines is 1. The van der Waals surface area contributed by atoms with Gasteiger partial charge in [0.1, 0.15) is 0 Å². The summed E-state index contributed by atoms with van der Waals surface area (Å²) in [6, 6.07) is 8.07. The highest BCUT2D eigenvalue weighted by Crippen LogP contribution is 2.21. The van der Waals surface area contributed by atoms with Crippen molar-refractivity contribution in [2.45, 2.75) is 18.9 Å². The van der Waals surface area contributed by atoms with Gasteiger partial charge in [-0.1, -0.05) is 12.1 Å². The highest BCUT2D eigenvalue weighted by atomic mass is 16.2. The van der Waals surface area contributed by atoms with Crippen LogP contribution in [0.1, 0.15) is 24.4 Å². The molecule has 28 heavy (non-hydrogen) atoms. The number of hydrogen-bond acceptors (Lipinski definition) is 5. The molecule has 0 radical (unpaired) electrons. The third-order valence-electron chi connectivity index (χ3n) is 5.25. The van der Waals surface area contributed by atoms with E-state index in [0.29, 0.717) is 32.5 Å². The summed E-state index contributed by atoms with van der Waals surface area (Å²) < 4.78 is 0. The van der Waals surface area contributed by atoms with E-state index >= 15 is 0 Å². The maximum absolute atomic E-state index is 12.4. The number of nitrogens with one attached hydrogen (secondary N) is 1. The molecule has 3 amide bonds. The number of likely N-dealkylation sites (tertiary alicyclic amines) is 1. The Morgan fingerprint density at radius 1 is 1.11 bits per heavy atom. The first kappa shape index (κ1) is 21.7. The second-order valence-corrected chi connectivity index (χ2v) is 7.64. The molecule has 1 aromatic rings. The third kappa shape index (κ3) is 5.45. The Morgan fingerprint density at radius 3 is 2.14 bits per heavy atom. The Bertz CT molecular complexity index is 694. The summed E-state index contributed by atoms with van der Waals surface area (Å²) in [6.07, 6.45) is 1.01. The molecule has 1 aromatic carbocycles. The fraction of sp³-hybridized carbons (Fsp3) is 0.550. The quantitative estimate of drug-likeness (QED) is 0.677. The SMILES string of the molecule is CN(C)c1ccc([C@H](CNC(=O)C(=O)N2CCC(C(N)=O)CC2)N(C)C)cc1. The molecule has 1 heterocycles. The van der Waals surface area contributed by atoms with E-state index in [1.54, 1.807) is 0 Å². The van der Waals surface area contributed by atoms with Gasteiger partial charge in [-0.15, -0.1) is 0 Å². The largest absolute Gasteiger partial charge is 0.378 e. The lowest BCUT2D eigenvalue weighted by Gasteiger charge is -2.30. The molecule has 0 bridgehead atoms. The minimum absolute atomic E-state index is 0.0476. The van der Waals surface area contributed by atoms with Gasteiger partial charge in [0.25, 0.3) is 0 Å². The topological polar surface area (TPSA) is 99.0 Å². The van der Waals surface area contributed by atoms with Gasteiger partial charge in [0, 0.05) is 45.3 Å². The van der Waals surface area contributed by atoms with Crippen molar-refractivity contribution in [1.29, 1.82) is 0 Å². The number of primary amides is 1. The summed E-state index contributed by atoms with van der Waals surface area (Å²) >= 11 is 0. The van der Waals surface area contributed by atoms with Gasteiger partial charge in [0.2, 0.25) is 5.91 Å². The summed E-state index contributed by atoms with van der Waals surface area (Å²) in [5.74, 6) is -1.72. The lowest BCUT2D eigenvalue weighted by atomic mass is 9.96. The number of rotatable bonds is 6. The van der Waals surface area contributed by atoms with E-state index in [-0.39, 0.29) is 17.9 Å². The van der Waals surface area contributed by atoms with Crippen LogP contribution in [0.25, 0.3) is 0 Å². The highest BCUT2D eigenvalue weighted by molar-refractivity contribution is 6.35. The van der Waals surface area contributed by atoms with Crippen molar-refractivity contribution < 1.29 is 14.4 Å². The molecule has 0 spiro atoms. The number of nitrogens with two attached hydrogens (primary N) is 1. The zero-order valence-electron chi connectivity index (χ0n) is 17.1. The second kappa shape index (κ2) is 9.54. The minimum atomic E-state index is -0.616. The lowest BCUT2D eigenvalue weighted by molar-refractivity contribution is -0.147. The van der Waals surface area contributed by atoms with Gasteiger partial charge in [-0.05, 0) is 44.6 Å². The maximum Gasteiger partial charge on any atom is 0.311 e. The standard InChI is InChI=1S/C20H31N5O3/c1-23(2)16-7-5-14(6-8-16)17(24(3)4)13-22-19(27)20(28)25-11-9-15(10-12-25)18(21)26/h5-8,15,17H,9-13H2,1-4H3,(H2,21,26)(H,22,27)/t17-/m0/s1. The van der Waals surface area contributed by atoms with E-state index in [9.17, 15) is 14.4 Å². The van der Waals surface area contributed by atoms with Gasteiger partial charge in [-0.2, -0.15) is 0 Å². The Balaban J connectivity index is 1.93. The summed E-state index contributed by atoms with van der Waals surface area (Å²) in [5.41, 5.74) is 7.47. The molecule has 0 aliphatic carbocycles. The van der Waals surface area contributed by atoms with Crippen molar-refractivity contribution in [2.24, 2.45) is 11.7 Å². The Morgan fingerprint density at radius 2 is 1.68 bits per heavy atom. The number of carbonyl (C=O) groups is 3. The third-order valence-corrected chi connectivity index (χ3v) is 5.25. The van der Waals surface area contributed by atoms with Crippen LogP contribution < -0.4 is 16.0 Å². The highest BCUT2D eigenvalue weighted by Gasteiger charge is 2.29. The Kier molecular flexibility index (Phi) is 7.39. The molecule has 1 aliphatic rings. The zero-order chi connectivity index (χ0) is 20.8. The first-order valence-electron chi connectivity index (χ1n) is 9.50. The van der Waals surface area contributed by atoms with Crippen LogP contribution in [0.4, 0.5) is 5.69 Å². The first-order valence-corrected chi connectivity index (χ1v) is 9.50. The normalized spacial score (nSPS) is 16.0. The summed E-state index contributed by atoms with van der Waals surface area (Å²) in [6.45, 7) is 1.09. The van der Waals surface area contributed by atoms with Gasteiger partial charge in [0.15, 0.2) is 0 Å². The molecule has 8 nitrogen and oxygen atoms in total. The molecule has 0 saturated carbocycles. The number of amides is 3. The molecule has 0 unspecified atom stereocenters. The van der Waals surface area contributed by atoms with Gasteiger partial charge in [-0.3, -0.25) is 14.4 Å². The number of nitrogens with zero attached hydrogens (tertiary/aromatic N) is 3. The zero-order valence-corrected chi connectivity index (χ0v) is 17.1. The van der Waals surface area contributed by atoms with Crippen LogP contribution in [0, 0.1) is 5.92 Å². The fourth-order valence-corrected chi connectivity index (χ4v) is 3.37. The predicted octanol–water partition coefficient (Wildman–Crippen LogP) is 0.195. The molecular formula is C20H31N5O3. The smallest absolute Gasteiger partial charge is 0.311 e. The predicted molar refractivity (Wildman–Crippen MR) is 109 cm³/mol. The fourth-order valence-electron chi connectivity index (χ4n) is 3.37. The number of hydrogen-bond donors (Lipinski definition) is 2. The van der Waals surface area contributed by atoms with Crippen molar-refractivity contribution in [3.63, 3.8) is 0 Å². The van der Waals surface area contributed by atoms with E-state index in [4.69, 9.17) is 5.73 Å². The molecule has 154 valence electrons. The second-order valence-electron chi connectivity index (χ2n) is 7.64. The average molecular weight is 390 g/mol. The van der Waals surface area contributed by atoms with Crippen LogP contribution in [0.2, 0.25) is 0 Å². The summed E-state index contributed by atoms with van der Waals surface area (Å²) in [7, 11) is 7.84. The Hall–Kier alpha value is -2.61. The molecule has 1 aliphatic heterocycles. The van der Waals surface area contributed by atoms with Gasteiger partial charge < -0.3 is 25.8 Å². The van der Waals surface area contributed by atoms with E-state index in [0.717, 1.165) is 11.3 Å². The van der Waals surface area contributed by atoms with Crippen molar-refractivity contribution >= 4 is 23.4 Å². The van der Waals surface area contributed by atoms with Crippen molar-refractivity contribution in [3.8, 4) is 0 Å². The summed E-state index contributed by atoms with van der Waals surface area (Å²) in [4.78, 5) is 41.5. The molecule has 1 fully saturated rings. The van der Waals surface area contributed by atoms with Crippen LogP contribution in [-0.4, -0.2) is 75.3 Å². The van der Waals surface area contributed by atoms with Crippen molar-refractivity contribution in [2.75, 3.05) is 52.7 Å². The number of likely N-dealkylation sites (N-methyl/N-ethyl adjacent to an activating group) is 1. The van der Waals surface area contributed by atoms with Gasteiger partial charge in [0.05, 0.1) is 6.04 Å². The van der Waals surface area contributed by atoms with E-state index in [1.165, 1.54) is 4.90 Å². The number of piperidine rings is 1. The van der Waals surface area contributed by atoms with Crippen LogP contribution in [0.15, 0.2) is 24.3 Å². The molecule has 3 N–H and O–H groups in total. The average Bonchev–Trinajstić information content (AvgIpc) is 2.67.